The van der Waals surface area contributed by atoms with Crippen LogP contribution in [-0.2, 0) is 14.3 Å². The zero-order valence-electron chi connectivity index (χ0n) is 13.2. The van der Waals surface area contributed by atoms with Crippen LogP contribution in [0.1, 0.15) is 26.7 Å². The quantitative estimate of drug-likeness (QED) is 0.619. The molecule has 0 aromatic heterocycles. The van der Waals surface area contributed by atoms with Gasteiger partial charge in [0.05, 0.1) is 6.10 Å². The molecule has 0 spiro atoms. The van der Waals surface area contributed by atoms with Gasteiger partial charge in [-0.15, -0.1) is 0 Å². The maximum Gasteiger partial charge on any atom is 0.239 e. The van der Waals surface area contributed by atoms with Gasteiger partial charge in [-0.25, -0.2) is 0 Å². The van der Waals surface area contributed by atoms with Crippen LogP contribution in [0.2, 0.25) is 0 Å². The van der Waals surface area contributed by atoms with Crippen molar-refractivity contribution in [1.29, 1.82) is 0 Å². The highest BCUT2D eigenvalue weighted by Gasteiger charge is 2.37. The van der Waals surface area contributed by atoms with Crippen LogP contribution in [0.5, 0.6) is 0 Å². The highest BCUT2D eigenvalue weighted by molar-refractivity contribution is 6.09. The van der Waals surface area contributed by atoms with Gasteiger partial charge < -0.3 is 15.0 Å². The molecule has 2 amide bonds. The van der Waals surface area contributed by atoms with Gasteiger partial charge in [-0.3, -0.25) is 9.59 Å². The molecule has 5 nitrogen and oxygen atoms in total. The van der Waals surface area contributed by atoms with Gasteiger partial charge in [-0.05, 0) is 38.8 Å². The Labute approximate surface area is 131 Å². The van der Waals surface area contributed by atoms with Crippen LogP contribution in [0.15, 0.2) is 30.3 Å². The molecule has 1 aromatic carbocycles. The van der Waals surface area contributed by atoms with Crippen LogP contribution in [-0.4, -0.2) is 37.6 Å². The van der Waals surface area contributed by atoms with Crippen molar-refractivity contribution >= 4 is 17.5 Å². The number of carbonyl (C=O) groups excluding carboxylic acids is 2. The van der Waals surface area contributed by atoms with E-state index in [0.29, 0.717) is 26.1 Å². The van der Waals surface area contributed by atoms with E-state index in [1.807, 2.05) is 44.2 Å². The molecule has 5 heteroatoms. The van der Waals surface area contributed by atoms with E-state index in [2.05, 4.69) is 5.32 Å². The van der Waals surface area contributed by atoms with Gasteiger partial charge in [0.15, 0.2) is 0 Å². The van der Waals surface area contributed by atoms with E-state index in [1.54, 1.807) is 4.90 Å². The molecule has 1 heterocycles. The standard InChI is InChI=1S/C17H24N2O3/c1-13(2)22-12-6-10-18-16(20)15-9-11-19(17(15)21)14-7-4-3-5-8-14/h3-5,7-8,13,15H,6,9-12H2,1-2H3,(H,18,20)/t15-/m0/s1. The second kappa shape index (κ2) is 7.94. The lowest BCUT2D eigenvalue weighted by molar-refractivity contribution is -0.132. The third kappa shape index (κ3) is 4.31. The van der Waals surface area contributed by atoms with E-state index in [-0.39, 0.29) is 17.9 Å². The minimum atomic E-state index is -0.564. The molecule has 1 saturated heterocycles. The van der Waals surface area contributed by atoms with Crippen LogP contribution >= 0.6 is 0 Å². The first-order valence-corrected chi connectivity index (χ1v) is 7.85. The average molecular weight is 304 g/mol. The predicted octanol–water partition coefficient (Wildman–Crippen LogP) is 1.97. The van der Waals surface area contributed by atoms with Crippen molar-refractivity contribution in [3.05, 3.63) is 30.3 Å². The monoisotopic (exact) mass is 304 g/mol. The first-order valence-electron chi connectivity index (χ1n) is 7.85. The number of nitrogens with zero attached hydrogens (tertiary/aromatic N) is 1. The van der Waals surface area contributed by atoms with Crippen molar-refractivity contribution in [3.63, 3.8) is 0 Å². The van der Waals surface area contributed by atoms with Crippen LogP contribution in [0.25, 0.3) is 0 Å². The molecule has 1 aromatic rings. The number of benzene rings is 1. The maximum absolute atomic E-state index is 12.4. The van der Waals surface area contributed by atoms with Crippen molar-refractivity contribution in [2.24, 2.45) is 5.92 Å². The number of hydrogen-bond acceptors (Lipinski definition) is 3. The normalized spacial score (nSPS) is 18.0. The summed E-state index contributed by atoms with van der Waals surface area (Å²) in [5.74, 6) is -0.846. The Hall–Kier alpha value is -1.88. The molecule has 2 rings (SSSR count). The number of hydrogen-bond donors (Lipinski definition) is 1. The van der Waals surface area contributed by atoms with Gasteiger partial charge in [0, 0.05) is 25.4 Å². The minimum Gasteiger partial charge on any atom is -0.379 e. The predicted molar refractivity (Wildman–Crippen MR) is 85.6 cm³/mol. The summed E-state index contributed by atoms with van der Waals surface area (Å²) in [5.41, 5.74) is 0.855. The number of anilines is 1. The van der Waals surface area contributed by atoms with E-state index < -0.39 is 5.92 Å². The smallest absolute Gasteiger partial charge is 0.239 e. The molecule has 120 valence electrons. The summed E-state index contributed by atoms with van der Waals surface area (Å²) < 4.78 is 5.42. The van der Waals surface area contributed by atoms with E-state index in [9.17, 15) is 9.59 Å². The fraction of sp³-hybridized carbons (Fsp3) is 0.529. The largest absolute Gasteiger partial charge is 0.379 e. The molecule has 0 saturated carbocycles. The molecule has 22 heavy (non-hydrogen) atoms. The number of rotatable bonds is 7. The Morgan fingerprint density at radius 2 is 2.09 bits per heavy atom. The Balaban J connectivity index is 1.79. The van der Waals surface area contributed by atoms with Crippen molar-refractivity contribution in [3.8, 4) is 0 Å². The highest BCUT2D eigenvalue weighted by Crippen LogP contribution is 2.24. The van der Waals surface area contributed by atoms with Gasteiger partial charge >= 0.3 is 0 Å². The zero-order chi connectivity index (χ0) is 15.9. The molecule has 0 radical (unpaired) electrons. The molecule has 1 N–H and O–H groups in total. The summed E-state index contributed by atoms with van der Waals surface area (Å²) in [4.78, 5) is 26.2. The highest BCUT2D eigenvalue weighted by atomic mass is 16.5. The average Bonchev–Trinajstić information content (AvgIpc) is 2.89. The van der Waals surface area contributed by atoms with Gasteiger partial charge in [-0.1, -0.05) is 18.2 Å². The molecule has 1 fully saturated rings. The number of carbonyl (C=O) groups is 2. The lowest BCUT2D eigenvalue weighted by Gasteiger charge is -2.16. The maximum atomic E-state index is 12.4. The van der Waals surface area contributed by atoms with E-state index in [1.165, 1.54) is 0 Å². The summed E-state index contributed by atoms with van der Waals surface area (Å²) in [5, 5.41) is 2.83. The minimum absolute atomic E-state index is 0.109. The summed E-state index contributed by atoms with van der Waals surface area (Å²) in [6, 6.07) is 9.48. The molecule has 1 aliphatic rings. The Kier molecular flexibility index (Phi) is 5.95. The second-order valence-electron chi connectivity index (χ2n) is 5.73. The molecule has 0 bridgehead atoms. The lowest BCUT2D eigenvalue weighted by atomic mass is 10.1. The van der Waals surface area contributed by atoms with Crippen molar-refractivity contribution < 1.29 is 14.3 Å². The number of ether oxygens (including phenoxy) is 1. The zero-order valence-corrected chi connectivity index (χ0v) is 13.2. The first kappa shape index (κ1) is 16.5. The summed E-state index contributed by atoms with van der Waals surface area (Å²) in [7, 11) is 0. The Morgan fingerprint density at radius 1 is 1.36 bits per heavy atom. The molecule has 0 aliphatic carbocycles. The third-order valence-electron chi connectivity index (χ3n) is 3.66. The first-order chi connectivity index (χ1) is 10.6. The van der Waals surface area contributed by atoms with Gasteiger partial charge in [0.2, 0.25) is 11.8 Å². The molecule has 1 aliphatic heterocycles. The number of amides is 2. The van der Waals surface area contributed by atoms with E-state index in [4.69, 9.17) is 4.74 Å². The number of nitrogens with one attached hydrogen (secondary N) is 1. The van der Waals surface area contributed by atoms with Crippen LogP contribution in [0, 0.1) is 5.92 Å². The molecular formula is C17H24N2O3. The van der Waals surface area contributed by atoms with Crippen molar-refractivity contribution in [2.45, 2.75) is 32.8 Å². The van der Waals surface area contributed by atoms with Gasteiger partial charge in [0.25, 0.3) is 0 Å². The third-order valence-corrected chi connectivity index (χ3v) is 3.66. The fourth-order valence-corrected chi connectivity index (χ4v) is 2.51. The van der Waals surface area contributed by atoms with Crippen LogP contribution in [0.3, 0.4) is 0 Å². The SMILES string of the molecule is CC(C)OCCCNC(=O)[C@@H]1CCN(c2ccccc2)C1=O. The Bertz CT molecular complexity index is 502. The summed E-state index contributed by atoms with van der Waals surface area (Å²) in [6.07, 6.45) is 1.53. The summed E-state index contributed by atoms with van der Waals surface area (Å²) >= 11 is 0. The Morgan fingerprint density at radius 3 is 2.77 bits per heavy atom. The topological polar surface area (TPSA) is 58.6 Å². The van der Waals surface area contributed by atoms with Crippen LogP contribution in [0.4, 0.5) is 5.69 Å². The molecular weight excluding hydrogens is 280 g/mol. The molecule has 0 unspecified atom stereocenters. The number of para-hydroxylation sites is 1. The van der Waals surface area contributed by atoms with Gasteiger partial charge in [-0.2, -0.15) is 0 Å². The van der Waals surface area contributed by atoms with E-state index in [0.717, 1.165) is 12.1 Å². The van der Waals surface area contributed by atoms with Crippen molar-refractivity contribution in [1.82, 2.24) is 5.32 Å². The van der Waals surface area contributed by atoms with E-state index >= 15 is 0 Å². The van der Waals surface area contributed by atoms with Crippen molar-refractivity contribution in [2.75, 3.05) is 24.6 Å². The lowest BCUT2D eigenvalue weighted by Crippen LogP contribution is -2.37. The fourth-order valence-electron chi connectivity index (χ4n) is 2.51. The van der Waals surface area contributed by atoms with Gasteiger partial charge in [0.1, 0.15) is 5.92 Å². The summed E-state index contributed by atoms with van der Waals surface area (Å²) in [6.45, 7) is 5.71. The second-order valence-corrected chi connectivity index (χ2v) is 5.73. The van der Waals surface area contributed by atoms with Crippen LogP contribution < -0.4 is 10.2 Å². The molecule has 1 atom stereocenters.